The van der Waals surface area contributed by atoms with Gasteiger partial charge in [0.2, 0.25) is 0 Å². The van der Waals surface area contributed by atoms with E-state index >= 15 is 0 Å². The zero-order valence-corrected chi connectivity index (χ0v) is 7.40. The van der Waals surface area contributed by atoms with Crippen LogP contribution in [0.3, 0.4) is 0 Å². The lowest BCUT2D eigenvalue weighted by atomic mass is 10.1. The van der Waals surface area contributed by atoms with Gasteiger partial charge in [-0.25, -0.2) is 0 Å². The van der Waals surface area contributed by atoms with E-state index in [0.717, 1.165) is 5.57 Å². The lowest BCUT2D eigenvalue weighted by molar-refractivity contribution is 0.213. The summed E-state index contributed by atoms with van der Waals surface area (Å²) in [5.41, 5.74) is 0.832. The number of rotatable bonds is 3. The molecular formula is C9H12OS. The average molecular weight is 168 g/mol. The number of hydrogen-bond donors (Lipinski definition) is 1. The molecule has 0 aliphatic heterocycles. The van der Waals surface area contributed by atoms with Gasteiger partial charge in [-0.2, -0.15) is 0 Å². The average Bonchev–Trinajstić information content (AvgIpc) is 2.39. The van der Waals surface area contributed by atoms with Gasteiger partial charge in [-0.3, -0.25) is 0 Å². The summed E-state index contributed by atoms with van der Waals surface area (Å²) < 4.78 is 0. The standard InChI is InChI=1S/C9H12OS/c1-7(2)9(10)6-8-4-3-5-11-8/h3-5,9-10H,1,6H2,2H3. The van der Waals surface area contributed by atoms with Gasteiger partial charge in [0.25, 0.3) is 0 Å². The number of thiophene rings is 1. The number of hydrogen-bond acceptors (Lipinski definition) is 2. The van der Waals surface area contributed by atoms with Crippen LogP contribution in [0.4, 0.5) is 0 Å². The van der Waals surface area contributed by atoms with E-state index in [0.29, 0.717) is 6.42 Å². The van der Waals surface area contributed by atoms with Crippen molar-refractivity contribution in [1.82, 2.24) is 0 Å². The summed E-state index contributed by atoms with van der Waals surface area (Å²) in [5.74, 6) is 0. The fourth-order valence-corrected chi connectivity index (χ4v) is 1.54. The lowest BCUT2D eigenvalue weighted by Gasteiger charge is -2.07. The Balaban J connectivity index is 2.50. The molecule has 0 aliphatic rings. The second kappa shape index (κ2) is 3.69. The van der Waals surface area contributed by atoms with Crippen molar-refractivity contribution < 1.29 is 5.11 Å². The fraction of sp³-hybridized carbons (Fsp3) is 0.333. The Kier molecular flexibility index (Phi) is 2.85. The minimum absolute atomic E-state index is 0.381. The van der Waals surface area contributed by atoms with Crippen LogP contribution in [0, 0.1) is 0 Å². The highest BCUT2D eigenvalue weighted by Gasteiger charge is 2.05. The van der Waals surface area contributed by atoms with Gasteiger partial charge in [-0.05, 0) is 18.4 Å². The molecule has 0 saturated carbocycles. The van der Waals surface area contributed by atoms with E-state index in [1.54, 1.807) is 11.3 Å². The van der Waals surface area contributed by atoms with E-state index in [1.165, 1.54) is 4.88 Å². The summed E-state index contributed by atoms with van der Waals surface area (Å²) in [5, 5.41) is 11.4. The van der Waals surface area contributed by atoms with Crippen molar-refractivity contribution in [1.29, 1.82) is 0 Å². The molecule has 1 nitrogen and oxygen atoms in total. The minimum atomic E-state index is -0.381. The maximum atomic E-state index is 9.41. The van der Waals surface area contributed by atoms with Gasteiger partial charge >= 0.3 is 0 Å². The molecule has 0 radical (unpaired) electrons. The second-order valence-electron chi connectivity index (χ2n) is 2.65. The third-order valence-electron chi connectivity index (χ3n) is 1.54. The van der Waals surface area contributed by atoms with Crippen LogP contribution in [0.5, 0.6) is 0 Å². The van der Waals surface area contributed by atoms with E-state index in [1.807, 2.05) is 24.4 Å². The van der Waals surface area contributed by atoms with Crippen LogP contribution in [-0.4, -0.2) is 11.2 Å². The van der Waals surface area contributed by atoms with Crippen LogP contribution in [0.1, 0.15) is 11.8 Å². The van der Waals surface area contributed by atoms with Crippen molar-refractivity contribution in [2.24, 2.45) is 0 Å². The van der Waals surface area contributed by atoms with E-state index in [2.05, 4.69) is 6.58 Å². The molecule has 2 heteroatoms. The van der Waals surface area contributed by atoms with Crippen molar-refractivity contribution in [2.75, 3.05) is 0 Å². The number of aliphatic hydroxyl groups is 1. The van der Waals surface area contributed by atoms with E-state index in [4.69, 9.17) is 0 Å². The molecule has 1 N–H and O–H groups in total. The highest BCUT2D eigenvalue weighted by Crippen LogP contribution is 2.13. The summed E-state index contributed by atoms with van der Waals surface area (Å²) in [6, 6.07) is 4.02. The van der Waals surface area contributed by atoms with Crippen LogP contribution in [0.2, 0.25) is 0 Å². The Bertz CT molecular complexity index is 226. The molecule has 0 aromatic carbocycles. The molecule has 0 aliphatic carbocycles. The maximum absolute atomic E-state index is 9.41. The molecular weight excluding hydrogens is 156 g/mol. The largest absolute Gasteiger partial charge is 0.388 e. The summed E-state index contributed by atoms with van der Waals surface area (Å²) in [4.78, 5) is 1.21. The zero-order valence-electron chi connectivity index (χ0n) is 6.58. The normalized spacial score (nSPS) is 12.9. The van der Waals surface area contributed by atoms with Gasteiger partial charge in [-0.1, -0.05) is 18.2 Å². The van der Waals surface area contributed by atoms with E-state index in [-0.39, 0.29) is 6.10 Å². The first-order valence-electron chi connectivity index (χ1n) is 3.56. The highest BCUT2D eigenvalue weighted by molar-refractivity contribution is 7.09. The van der Waals surface area contributed by atoms with Crippen LogP contribution in [0.25, 0.3) is 0 Å². The smallest absolute Gasteiger partial charge is 0.0793 e. The number of aliphatic hydroxyl groups excluding tert-OH is 1. The van der Waals surface area contributed by atoms with Crippen LogP contribution < -0.4 is 0 Å². The predicted octanol–water partition coefficient (Wildman–Crippen LogP) is 2.23. The summed E-state index contributed by atoms with van der Waals surface area (Å²) in [6.07, 6.45) is 0.321. The van der Waals surface area contributed by atoms with Gasteiger partial charge in [0, 0.05) is 11.3 Å². The van der Waals surface area contributed by atoms with Gasteiger partial charge in [0.15, 0.2) is 0 Å². The van der Waals surface area contributed by atoms with Crippen molar-refractivity contribution in [3.63, 3.8) is 0 Å². The minimum Gasteiger partial charge on any atom is -0.388 e. The van der Waals surface area contributed by atoms with Gasteiger partial charge in [0.05, 0.1) is 6.10 Å². The monoisotopic (exact) mass is 168 g/mol. The first-order chi connectivity index (χ1) is 5.20. The molecule has 1 aromatic heterocycles. The van der Waals surface area contributed by atoms with E-state index in [9.17, 15) is 5.11 Å². The highest BCUT2D eigenvalue weighted by atomic mass is 32.1. The van der Waals surface area contributed by atoms with Crippen molar-refractivity contribution in [3.8, 4) is 0 Å². The molecule has 1 atom stereocenters. The van der Waals surface area contributed by atoms with Gasteiger partial charge < -0.3 is 5.11 Å². The molecule has 1 aromatic rings. The molecule has 0 fully saturated rings. The third-order valence-corrected chi connectivity index (χ3v) is 2.44. The first-order valence-corrected chi connectivity index (χ1v) is 4.44. The zero-order chi connectivity index (χ0) is 8.27. The third kappa shape index (κ3) is 2.48. The Morgan fingerprint density at radius 1 is 1.82 bits per heavy atom. The molecule has 1 unspecified atom stereocenters. The molecule has 1 rings (SSSR count). The summed E-state index contributed by atoms with van der Waals surface area (Å²) in [6.45, 7) is 5.54. The van der Waals surface area contributed by atoms with Gasteiger partial charge in [-0.15, -0.1) is 11.3 Å². The van der Waals surface area contributed by atoms with Crippen molar-refractivity contribution in [2.45, 2.75) is 19.4 Å². The van der Waals surface area contributed by atoms with Gasteiger partial charge in [0.1, 0.15) is 0 Å². The Labute approximate surface area is 71.0 Å². The van der Waals surface area contributed by atoms with Crippen LogP contribution >= 0.6 is 11.3 Å². The quantitative estimate of drug-likeness (QED) is 0.686. The van der Waals surface area contributed by atoms with Crippen molar-refractivity contribution >= 4 is 11.3 Å². The molecule has 1 heterocycles. The summed E-state index contributed by atoms with van der Waals surface area (Å²) in [7, 11) is 0. The Morgan fingerprint density at radius 2 is 2.55 bits per heavy atom. The summed E-state index contributed by atoms with van der Waals surface area (Å²) >= 11 is 1.67. The van der Waals surface area contributed by atoms with Crippen LogP contribution in [-0.2, 0) is 6.42 Å². The lowest BCUT2D eigenvalue weighted by Crippen LogP contribution is -2.09. The molecule has 0 bridgehead atoms. The van der Waals surface area contributed by atoms with Crippen LogP contribution in [0.15, 0.2) is 29.7 Å². The topological polar surface area (TPSA) is 20.2 Å². The Morgan fingerprint density at radius 3 is 3.00 bits per heavy atom. The fourth-order valence-electron chi connectivity index (χ4n) is 0.794. The first kappa shape index (κ1) is 8.50. The SMILES string of the molecule is C=C(C)C(O)Cc1cccs1. The van der Waals surface area contributed by atoms with E-state index < -0.39 is 0 Å². The molecule has 11 heavy (non-hydrogen) atoms. The predicted molar refractivity (Wildman–Crippen MR) is 48.8 cm³/mol. The molecule has 60 valence electrons. The Hall–Kier alpha value is -0.600. The second-order valence-corrected chi connectivity index (χ2v) is 3.68. The van der Waals surface area contributed by atoms with Crippen molar-refractivity contribution in [3.05, 3.63) is 34.5 Å². The molecule has 0 saturated heterocycles. The maximum Gasteiger partial charge on any atom is 0.0793 e. The molecule has 0 spiro atoms. The molecule has 0 amide bonds.